The maximum atomic E-state index is 14.2. The molecule has 2 bridgehead atoms. The molecule has 9 rings (SSSR count). The van der Waals surface area contributed by atoms with Gasteiger partial charge in [-0.2, -0.15) is 9.97 Å². The van der Waals surface area contributed by atoms with E-state index in [1.165, 1.54) is 4.90 Å². The molecule has 57 heavy (non-hydrogen) atoms. The van der Waals surface area contributed by atoms with Crippen LogP contribution in [0, 0.1) is 5.92 Å². The van der Waals surface area contributed by atoms with Crippen LogP contribution in [0.4, 0.5) is 22.1 Å². The number of carbonyl (C=O) groups is 2. The molecule has 2 saturated heterocycles. The van der Waals surface area contributed by atoms with Crippen molar-refractivity contribution in [2.45, 2.75) is 69.5 Å². The highest BCUT2D eigenvalue weighted by Gasteiger charge is 2.79. The largest absolute Gasteiger partial charge is 0.425 e. The number of fused-ring (bicyclic) bond motifs is 4. The van der Waals surface area contributed by atoms with Gasteiger partial charge in [0.1, 0.15) is 17.8 Å². The molecule has 290 valence electrons. The molecule has 3 unspecified atom stereocenters. The van der Waals surface area contributed by atoms with Crippen LogP contribution in [0.5, 0.6) is 5.88 Å². The molecule has 4 aromatic carbocycles. The molecule has 4 heterocycles. The van der Waals surface area contributed by atoms with Crippen molar-refractivity contribution >= 4 is 40.5 Å². The van der Waals surface area contributed by atoms with Gasteiger partial charge in [0, 0.05) is 5.92 Å². The maximum Gasteiger partial charge on any atom is 0.425 e. The predicted molar refractivity (Wildman–Crippen MR) is 211 cm³/mol. The third-order valence-electron chi connectivity index (χ3n) is 10.7. The van der Waals surface area contributed by atoms with Gasteiger partial charge in [-0.25, -0.2) is 14.7 Å². The van der Waals surface area contributed by atoms with Gasteiger partial charge in [0.05, 0.1) is 37.5 Å². The number of aromatic nitrogens is 4. The first-order chi connectivity index (χ1) is 27.8. The molecule has 1 N–H and O–H groups in total. The molecule has 3 aliphatic rings. The van der Waals surface area contributed by atoms with E-state index in [-0.39, 0.29) is 41.4 Å². The molecule has 3 fully saturated rings. The monoisotopic (exact) mass is 766 g/mol. The maximum absolute atomic E-state index is 14.2. The van der Waals surface area contributed by atoms with Gasteiger partial charge in [-0.3, -0.25) is 14.7 Å². The highest BCUT2D eigenvalue weighted by atomic mass is 16.7. The summed E-state index contributed by atoms with van der Waals surface area (Å²) in [5.41, 5.74) is 2.16. The van der Waals surface area contributed by atoms with E-state index < -0.39 is 35.7 Å². The SMILES string of the molecule is CC(C)C(=O)Nc1nc(OC(=O)N(c2ccccc2)c2ccccc2)c2ncn(C3O[C@]4(COCc5ccccc5)C(OCc5ccccc5)C3OC43CC3)c2n1. The number of amides is 2. The Balaban J connectivity index is 1.08. The highest BCUT2D eigenvalue weighted by Crippen LogP contribution is 2.65. The Hall–Kier alpha value is -5.99. The van der Waals surface area contributed by atoms with Gasteiger partial charge in [-0.1, -0.05) is 111 Å². The molecular weight excluding hydrogens is 725 g/mol. The van der Waals surface area contributed by atoms with E-state index in [1.54, 1.807) is 24.7 Å². The second-order valence-electron chi connectivity index (χ2n) is 14.9. The summed E-state index contributed by atoms with van der Waals surface area (Å²) in [6.45, 7) is 4.49. The zero-order valence-corrected chi connectivity index (χ0v) is 31.6. The first kappa shape index (κ1) is 36.6. The summed E-state index contributed by atoms with van der Waals surface area (Å²) in [5, 5.41) is 2.78. The Bertz CT molecular complexity index is 2320. The smallest absolute Gasteiger partial charge is 0.388 e. The summed E-state index contributed by atoms with van der Waals surface area (Å²) in [4.78, 5) is 42.5. The third kappa shape index (κ3) is 6.93. The fourth-order valence-electron chi connectivity index (χ4n) is 7.71. The number of carbonyl (C=O) groups excluding carboxylic acids is 2. The van der Waals surface area contributed by atoms with Crippen LogP contribution in [0.3, 0.4) is 0 Å². The highest BCUT2D eigenvalue weighted by molar-refractivity contribution is 5.98. The van der Waals surface area contributed by atoms with Gasteiger partial charge in [0.2, 0.25) is 11.9 Å². The second-order valence-corrected chi connectivity index (χ2v) is 14.9. The molecule has 1 aliphatic carbocycles. The minimum Gasteiger partial charge on any atom is -0.388 e. The fourth-order valence-corrected chi connectivity index (χ4v) is 7.71. The number of benzene rings is 4. The van der Waals surface area contributed by atoms with Crippen molar-refractivity contribution in [1.29, 1.82) is 0 Å². The number of ether oxygens (including phenoxy) is 5. The van der Waals surface area contributed by atoms with Crippen LogP contribution in [0.25, 0.3) is 11.2 Å². The minimum atomic E-state index is -0.953. The predicted octanol–water partition coefficient (Wildman–Crippen LogP) is 7.76. The van der Waals surface area contributed by atoms with Crippen molar-refractivity contribution < 1.29 is 33.3 Å². The number of imidazole rings is 1. The number of hydrogen-bond donors (Lipinski definition) is 1. The number of nitrogens with zero attached hydrogens (tertiary/aromatic N) is 5. The third-order valence-corrected chi connectivity index (χ3v) is 10.7. The molecule has 13 heteroatoms. The van der Waals surface area contributed by atoms with Crippen molar-refractivity contribution in [2.75, 3.05) is 16.8 Å². The van der Waals surface area contributed by atoms with Crippen molar-refractivity contribution in [2.24, 2.45) is 5.92 Å². The van der Waals surface area contributed by atoms with Crippen LogP contribution in [-0.4, -0.2) is 61.5 Å². The number of hydrogen-bond acceptors (Lipinski definition) is 10. The van der Waals surface area contributed by atoms with E-state index in [4.69, 9.17) is 28.7 Å². The van der Waals surface area contributed by atoms with Crippen LogP contribution in [0.15, 0.2) is 128 Å². The van der Waals surface area contributed by atoms with E-state index in [1.807, 2.05) is 121 Å². The Labute approximate surface area is 329 Å². The molecule has 2 aliphatic heterocycles. The van der Waals surface area contributed by atoms with Crippen molar-refractivity contribution in [3.63, 3.8) is 0 Å². The average molecular weight is 767 g/mol. The quantitative estimate of drug-likeness (QED) is 0.124. The fraction of sp³-hybridized carbons (Fsp3) is 0.295. The van der Waals surface area contributed by atoms with E-state index in [0.29, 0.717) is 24.6 Å². The van der Waals surface area contributed by atoms with Crippen LogP contribution in [0.1, 0.15) is 44.0 Å². The molecule has 2 aromatic heterocycles. The van der Waals surface area contributed by atoms with Crippen molar-refractivity contribution in [3.8, 4) is 5.88 Å². The lowest BCUT2D eigenvalue weighted by atomic mass is 9.91. The van der Waals surface area contributed by atoms with Gasteiger partial charge in [-0.15, -0.1) is 0 Å². The van der Waals surface area contributed by atoms with E-state index in [2.05, 4.69) is 15.3 Å². The lowest BCUT2D eigenvalue weighted by molar-refractivity contribution is -0.241. The number of nitrogens with one attached hydrogen (secondary N) is 1. The summed E-state index contributed by atoms with van der Waals surface area (Å²) in [6.07, 6.45) is 0.583. The first-order valence-electron chi connectivity index (χ1n) is 19.1. The van der Waals surface area contributed by atoms with E-state index in [0.717, 1.165) is 24.0 Å². The molecule has 0 radical (unpaired) electrons. The molecule has 13 nitrogen and oxygen atoms in total. The van der Waals surface area contributed by atoms with Gasteiger partial charge >= 0.3 is 6.09 Å². The Morgan fingerprint density at radius 1 is 0.825 bits per heavy atom. The zero-order chi connectivity index (χ0) is 39.0. The normalized spacial score (nSPS) is 21.6. The summed E-state index contributed by atoms with van der Waals surface area (Å²) in [6, 6.07) is 38.3. The second kappa shape index (κ2) is 15.2. The summed E-state index contributed by atoms with van der Waals surface area (Å²) >= 11 is 0. The van der Waals surface area contributed by atoms with Gasteiger partial charge in [0.15, 0.2) is 23.0 Å². The first-order valence-corrected chi connectivity index (χ1v) is 19.1. The van der Waals surface area contributed by atoms with Crippen LogP contribution < -0.4 is 15.0 Å². The average Bonchev–Trinajstić information content (AvgIpc) is 3.68. The number of rotatable bonds is 13. The number of para-hydroxylation sites is 2. The van der Waals surface area contributed by atoms with Crippen LogP contribution in [0.2, 0.25) is 0 Å². The summed E-state index contributed by atoms with van der Waals surface area (Å²) < 4.78 is 35.1. The molecule has 2 amide bonds. The van der Waals surface area contributed by atoms with Gasteiger partial charge in [0.25, 0.3) is 5.88 Å². The Morgan fingerprint density at radius 3 is 2.02 bits per heavy atom. The number of anilines is 3. The lowest BCUT2D eigenvalue weighted by Crippen LogP contribution is -2.53. The molecule has 6 aromatic rings. The van der Waals surface area contributed by atoms with E-state index >= 15 is 0 Å². The van der Waals surface area contributed by atoms with Crippen LogP contribution in [-0.2, 0) is 37.0 Å². The topological polar surface area (TPSA) is 139 Å². The van der Waals surface area contributed by atoms with Gasteiger partial charge in [-0.05, 0) is 48.2 Å². The molecule has 1 saturated carbocycles. The lowest BCUT2D eigenvalue weighted by Gasteiger charge is -2.38. The molecule has 4 atom stereocenters. The Kier molecular flexibility index (Phi) is 9.75. The Morgan fingerprint density at radius 2 is 1.42 bits per heavy atom. The standard InChI is InChI=1S/C44H42N6O7/c1-29(2)38(51)47-41-46-37-34(39(48-41)55-42(52)50(32-19-11-5-12-20-32)33-21-13-6-14-22-33)45-28-49(37)40-35-36(54-26-31-17-9-4-10-18-31)44(57-40,43(56-35)23-24-43)27-53-25-30-15-7-3-8-16-30/h3-22,28-29,35-36,40H,23-27H2,1-2H3,(H,46,47,48,51)/t35?,36?,40?,44-/m1/s1. The summed E-state index contributed by atoms with van der Waals surface area (Å²) in [7, 11) is 0. The van der Waals surface area contributed by atoms with E-state index in [9.17, 15) is 9.59 Å². The van der Waals surface area contributed by atoms with Crippen molar-refractivity contribution in [3.05, 3.63) is 139 Å². The molecular formula is C44H42N6O7. The zero-order valence-electron chi connectivity index (χ0n) is 31.6. The minimum absolute atomic E-state index is 0.0581. The summed E-state index contributed by atoms with van der Waals surface area (Å²) in [5.74, 6) is -0.883. The van der Waals surface area contributed by atoms with Crippen LogP contribution >= 0.6 is 0 Å². The van der Waals surface area contributed by atoms with Crippen molar-refractivity contribution in [1.82, 2.24) is 19.5 Å². The van der Waals surface area contributed by atoms with Gasteiger partial charge < -0.3 is 23.7 Å². The molecule has 1 spiro atoms.